The molecule has 0 atom stereocenters. The van der Waals surface area contributed by atoms with Gasteiger partial charge < -0.3 is 5.11 Å². The van der Waals surface area contributed by atoms with Crippen molar-refractivity contribution in [2.24, 2.45) is 0 Å². The highest BCUT2D eigenvalue weighted by atomic mass is 32.2. The third-order valence-corrected chi connectivity index (χ3v) is 4.31. The summed E-state index contributed by atoms with van der Waals surface area (Å²) in [5.74, 6) is -0.964. The molecule has 2 aromatic carbocycles. The van der Waals surface area contributed by atoms with Gasteiger partial charge in [-0.05, 0) is 0 Å². The molecule has 0 bridgehead atoms. The first-order valence-electron chi connectivity index (χ1n) is 4.82. The second-order valence-corrected chi connectivity index (χ2v) is 6.47. The monoisotopic (exact) mass is 304 g/mol. The summed E-state index contributed by atoms with van der Waals surface area (Å²) in [5, 5.41) is 9.23. The molecule has 9 heteroatoms. The van der Waals surface area contributed by atoms with Gasteiger partial charge in [0, 0.05) is 16.8 Å². The van der Waals surface area contributed by atoms with Gasteiger partial charge in [-0.2, -0.15) is 16.8 Å². The zero-order chi connectivity index (χ0) is 14.4. The normalized spacial score (nSPS) is 12.7. The van der Waals surface area contributed by atoms with E-state index in [1.54, 1.807) is 0 Å². The molecule has 2 aromatic rings. The molecule has 3 N–H and O–H groups in total. The van der Waals surface area contributed by atoms with Gasteiger partial charge in [-0.1, -0.05) is 24.3 Å². The quantitative estimate of drug-likeness (QED) is 0.707. The van der Waals surface area contributed by atoms with Crippen LogP contribution in [0.2, 0.25) is 0 Å². The molecule has 0 aromatic heterocycles. The second-order valence-electron chi connectivity index (χ2n) is 3.72. The van der Waals surface area contributed by atoms with Gasteiger partial charge >= 0.3 is 0 Å². The predicted octanol–water partition coefficient (Wildman–Crippen LogP) is 1.04. The van der Waals surface area contributed by atoms with E-state index in [-0.39, 0.29) is 10.8 Å². The highest BCUT2D eigenvalue weighted by Gasteiger charge is 2.25. The van der Waals surface area contributed by atoms with Crippen molar-refractivity contribution in [1.29, 1.82) is 0 Å². The van der Waals surface area contributed by atoms with Crippen LogP contribution >= 0.6 is 0 Å². The molecular weight excluding hydrogens is 296 g/mol. The maximum Gasteiger partial charge on any atom is 0.298 e. The van der Waals surface area contributed by atoms with E-state index in [4.69, 9.17) is 9.11 Å². The maximum absolute atomic E-state index is 11.2. The molecule has 0 fully saturated rings. The number of rotatable bonds is 2. The fraction of sp³-hybridized carbons (Fsp3) is 0. The first-order valence-corrected chi connectivity index (χ1v) is 7.70. The molecule has 0 radical (unpaired) electrons. The summed E-state index contributed by atoms with van der Waals surface area (Å²) in [6.07, 6.45) is 0. The Bertz CT molecular complexity index is 866. The van der Waals surface area contributed by atoms with E-state index in [2.05, 4.69) is 0 Å². The van der Waals surface area contributed by atoms with E-state index >= 15 is 0 Å². The van der Waals surface area contributed by atoms with E-state index in [9.17, 15) is 21.9 Å². The summed E-state index contributed by atoms with van der Waals surface area (Å²) < 4.78 is 62.9. The average molecular weight is 304 g/mol. The van der Waals surface area contributed by atoms with Crippen LogP contribution < -0.4 is 0 Å². The second kappa shape index (κ2) is 4.17. The van der Waals surface area contributed by atoms with Crippen LogP contribution in [0.1, 0.15) is 0 Å². The average Bonchev–Trinajstić information content (AvgIpc) is 2.24. The summed E-state index contributed by atoms with van der Waals surface area (Å²) in [6, 6.07) is 5.83. The molecule has 0 spiro atoms. The summed E-state index contributed by atoms with van der Waals surface area (Å²) in [7, 11) is -9.40. The number of phenolic OH excluding ortho intramolecular Hbond substituents is 1. The van der Waals surface area contributed by atoms with E-state index in [1.165, 1.54) is 24.3 Å². The van der Waals surface area contributed by atoms with Gasteiger partial charge in [0.15, 0.2) is 0 Å². The summed E-state index contributed by atoms with van der Waals surface area (Å²) in [5.41, 5.74) is 0. The number of phenols is 1. The van der Waals surface area contributed by atoms with E-state index in [0.29, 0.717) is 6.07 Å². The smallest absolute Gasteiger partial charge is 0.298 e. The lowest BCUT2D eigenvalue weighted by Crippen LogP contribution is -2.04. The third-order valence-electron chi connectivity index (χ3n) is 2.47. The van der Waals surface area contributed by atoms with Crippen molar-refractivity contribution in [2.75, 3.05) is 0 Å². The lowest BCUT2D eigenvalue weighted by atomic mass is 10.1. The molecule has 0 aliphatic heterocycles. The van der Waals surface area contributed by atoms with Crippen LogP contribution in [0.15, 0.2) is 40.1 Å². The molecule has 0 aliphatic carbocycles. The SMILES string of the molecule is O=S(=O)(O)c1cc(O)c(S(=O)(=O)O)c2ccccc12. The van der Waals surface area contributed by atoms with Gasteiger partial charge in [0.1, 0.15) is 15.5 Å². The van der Waals surface area contributed by atoms with Crippen molar-refractivity contribution in [2.45, 2.75) is 9.79 Å². The molecule has 0 saturated carbocycles. The first-order chi connectivity index (χ1) is 8.62. The number of fused-ring (bicyclic) bond motifs is 1. The van der Waals surface area contributed by atoms with Crippen molar-refractivity contribution >= 4 is 31.0 Å². The minimum atomic E-state index is -4.75. The Hall–Kier alpha value is -1.68. The fourth-order valence-electron chi connectivity index (χ4n) is 1.79. The lowest BCUT2D eigenvalue weighted by molar-refractivity contribution is 0.442. The largest absolute Gasteiger partial charge is 0.506 e. The first kappa shape index (κ1) is 13.7. The lowest BCUT2D eigenvalue weighted by Gasteiger charge is -2.09. The van der Waals surface area contributed by atoms with Gasteiger partial charge in [0.2, 0.25) is 0 Å². The summed E-state index contributed by atoms with van der Waals surface area (Å²) >= 11 is 0. The predicted molar refractivity (Wildman–Crippen MR) is 65.2 cm³/mol. The number of benzene rings is 2. The van der Waals surface area contributed by atoms with Crippen LogP contribution in [0.25, 0.3) is 10.8 Å². The Labute approximate surface area is 108 Å². The van der Waals surface area contributed by atoms with Gasteiger partial charge in [-0.15, -0.1) is 0 Å². The number of aromatic hydroxyl groups is 1. The highest BCUT2D eigenvalue weighted by molar-refractivity contribution is 7.86. The van der Waals surface area contributed by atoms with Crippen LogP contribution in [0, 0.1) is 0 Å². The van der Waals surface area contributed by atoms with Crippen molar-refractivity contribution < 1.29 is 31.0 Å². The fourth-order valence-corrected chi connectivity index (χ4v) is 3.28. The number of hydrogen-bond donors (Lipinski definition) is 3. The molecule has 0 saturated heterocycles. The van der Waals surface area contributed by atoms with Gasteiger partial charge in [-0.25, -0.2) is 0 Å². The minimum Gasteiger partial charge on any atom is -0.506 e. The summed E-state index contributed by atoms with van der Waals surface area (Å²) in [6.45, 7) is 0. The molecule has 0 heterocycles. The molecule has 7 nitrogen and oxygen atoms in total. The van der Waals surface area contributed by atoms with Crippen molar-refractivity contribution in [3.63, 3.8) is 0 Å². The van der Waals surface area contributed by atoms with Crippen LogP contribution in [-0.4, -0.2) is 31.0 Å². The molecule has 2 rings (SSSR count). The third kappa shape index (κ3) is 2.40. The van der Waals surface area contributed by atoms with Gasteiger partial charge in [0.25, 0.3) is 20.2 Å². The zero-order valence-corrected chi connectivity index (χ0v) is 10.8. The maximum atomic E-state index is 11.2. The molecule has 0 unspecified atom stereocenters. The van der Waals surface area contributed by atoms with Crippen LogP contribution in [0.4, 0.5) is 0 Å². The Balaban J connectivity index is 3.11. The molecule has 19 heavy (non-hydrogen) atoms. The number of hydrogen-bond acceptors (Lipinski definition) is 5. The molecule has 0 aliphatic rings. The Morgan fingerprint density at radius 2 is 1.37 bits per heavy atom. The van der Waals surface area contributed by atoms with Gasteiger partial charge in [0.05, 0.1) is 0 Å². The zero-order valence-electron chi connectivity index (χ0n) is 9.18. The van der Waals surface area contributed by atoms with Crippen molar-refractivity contribution in [3.8, 4) is 5.75 Å². The Morgan fingerprint density at radius 1 is 0.842 bits per heavy atom. The molecule has 102 valence electrons. The topological polar surface area (TPSA) is 129 Å². The molecular formula is C10H8O7S2. The van der Waals surface area contributed by atoms with Crippen molar-refractivity contribution in [1.82, 2.24) is 0 Å². The van der Waals surface area contributed by atoms with Crippen molar-refractivity contribution in [3.05, 3.63) is 30.3 Å². The Morgan fingerprint density at radius 3 is 1.84 bits per heavy atom. The van der Waals surface area contributed by atoms with Crippen LogP contribution in [-0.2, 0) is 20.2 Å². The van der Waals surface area contributed by atoms with E-state index in [1.807, 2.05) is 0 Å². The van der Waals surface area contributed by atoms with Gasteiger partial charge in [-0.3, -0.25) is 9.11 Å². The summed E-state index contributed by atoms with van der Waals surface area (Å²) in [4.78, 5) is -1.46. The van der Waals surface area contributed by atoms with Crippen LogP contribution in [0.3, 0.4) is 0 Å². The van der Waals surface area contributed by atoms with E-state index in [0.717, 1.165) is 0 Å². The van der Waals surface area contributed by atoms with E-state index < -0.39 is 35.8 Å². The van der Waals surface area contributed by atoms with Crippen LogP contribution in [0.5, 0.6) is 5.75 Å². The minimum absolute atomic E-state index is 0.129. The highest BCUT2D eigenvalue weighted by Crippen LogP contribution is 2.35. The molecule has 0 amide bonds. The Kier molecular flexibility index (Phi) is 3.01. The standard InChI is InChI=1S/C10H8O7S2/c11-8-5-9(18(12,13)14)6-3-1-2-4-7(6)10(8)19(15,16)17/h1-5,11H,(H,12,13,14)(H,15,16,17).